The SMILES string of the molecule is Cc1c(CN2CCN(C(=O)C3CCCC3)[C@@H](C)C2)cc(Cl)cc1NC(=O)C1CC1C(C)(C)O. The van der Waals surface area contributed by atoms with Gasteiger partial charge in [0.05, 0.1) is 5.60 Å². The number of benzene rings is 1. The molecule has 0 aromatic heterocycles. The highest BCUT2D eigenvalue weighted by Gasteiger charge is 2.51. The van der Waals surface area contributed by atoms with E-state index in [0.29, 0.717) is 17.4 Å². The molecule has 2 amide bonds. The maximum Gasteiger partial charge on any atom is 0.227 e. The molecule has 6 nitrogen and oxygen atoms in total. The second-order valence-electron chi connectivity index (χ2n) is 10.9. The molecule has 2 unspecified atom stereocenters. The van der Waals surface area contributed by atoms with Crippen LogP contribution in [0.3, 0.4) is 0 Å². The number of halogens is 1. The van der Waals surface area contributed by atoms with Crippen LogP contribution in [0.4, 0.5) is 5.69 Å². The summed E-state index contributed by atoms with van der Waals surface area (Å²) < 4.78 is 0. The first-order valence-electron chi connectivity index (χ1n) is 12.4. The van der Waals surface area contributed by atoms with E-state index in [0.717, 1.165) is 55.8 Å². The van der Waals surface area contributed by atoms with Crippen LogP contribution in [0.2, 0.25) is 5.02 Å². The number of carbonyl (C=O) groups is 2. The molecule has 3 fully saturated rings. The molecule has 1 aliphatic heterocycles. The van der Waals surface area contributed by atoms with Gasteiger partial charge in [0.25, 0.3) is 0 Å². The van der Waals surface area contributed by atoms with Gasteiger partial charge in [0, 0.05) is 54.8 Å². The highest BCUT2D eigenvalue weighted by Crippen LogP contribution is 2.47. The molecule has 33 heavy (non-hydrogen) atoms. The molecule has 1 aromatic carbocycles. The van der Waals surface area contributed by atoms with E-state index in [1.807, 2.05) is 13.0 Å². The van der Waals surface area contributed by atoms with Gasteiger partial charge in [0.15, 0.2) is 0 Å². The number of amides is 2. The monoisotopic (exact) mass is 475 g/mol. The maximum atomic E-state index is 12.9. The van der Waals surface area contributed by atoms with Crippen LogP contribution < -0.4 is 5.32 Å². The Kier molecular flexibility index (Phi) is 7.09. The van der Waals surface area contributed by atoms with Crippen molar-refractivity contribution in [3.05, 3.63) is 28.3 Å². The van der Waals surface area contributed by atoms with Gasteiger partial charge in [-0.2, -0.15) is 0 Å². The van der Waals surface area contributed by atoms with Crippen molar-refractivity contribution in [2.75, 3.05) is 25.0 Å². The van der Waals surface area contributed by atoms with E-state index in [1.165, 1.54) is 12.8 Å². The minimum Gasteiger partial charge on any atom is -0.390 e. The van der Waals surface area contributed by atoms with E-state index in [1.54, 1.807) is 19.9 Å². The normalized spacial score (nSPS) is 26.5. The fourth-order valence-corrected chi connectivity index (χ4v) is 5.91. The summed E-state index contributed by atoms with van der Waals surface area (Å²) in [6.07, 6.45) is 5.15. The highest BCUT2D eigenvalue weighted by molar-refractivity contribution is 6.31. The third kappa shape index (κ3) is 5.55. The minimum atomic E-state index is -0.839. The summed E-state index contributed by atoms with van der Waals surface area (Å²) in [5.74, 6) is 0.362. The molecular weight excluding hydrogens is 438 g/mol. The average molecular weight is 476 g/mol. The molecule has 0 radical (unpaired) electrons. The lowest BCUT2D eigenvalue weighted by molar-refractivity contribution is -0.140. The van der Waals surface area contributed by atoms with Gasteiger partial charge < -0.3 is 15.3 Å². The Bertz CT molecular complexity index is 907. The Morgan fingerprint density at radius 2 is 1.91 bits per heavy atom. The van der Waals surface area contributed by atoms with Gasteiger partial charge in [-0.25, -0.2) is 0 Å². The summed E-state index contributed by atoms with van der Waals surface area (Å²) in [5, 5.41) is 13.8. The van der Waals surface area contributed by atoms with Crippen LogP contribution in [0.1, 0.15) is 64.0 Å². The van der Waals surface area contributed by atoms with Gasteiger partial charge >= 0.3 is 0 Å². The smallest absolute Gasteiger partial charge is 0.227 e. The first kappa shape index (κ1) is 24.5. The first-order valence-corrected chi connectivity index (χ1v) is 12.8. The quantitative estimate of drug-likeness (QED) is 0.646. The molecule has 3 atom stereocenters. The number of nitrogens with one attached hydrogen (secondary N) is 1. The summed E-state index contributed by atoms with van der Waals surface area (Å²) in [6.45, 7) is 10.9. The van der Waals surface area contributed by atoms with Crippen LogP contribution >= 0.6 is 11.6 Å². The van der Waals surface area contributed by atoms with Gasteiger partial charge in [-0.05, 0) is 76.1 Å². The first-order chi connectivity index (χ1) is 15.5. The number of rotatable bonds is 6. The molecule has 0 bridgehead atoms. The molecule has 2 aliphatic carbocycles. The molecule has 3 aliphatic rings. The van der Waals surface area contributed by atoms with Crippen LogP contribution in [-0.4, -0.2) is 58.0 Å². The van der Waals surface area contributed by atoms with E-state index in [2.05, 4.69) is 22.0 Å². The number of aliphatic hydroxyl groups is 1. The van der Waals surface area contributed by atoms with Crippen molar-refractivity contribution in [1.82, 2.24) is 9.80 Å². The van der Waals surface area contributed by atoms with E-state index < -0.39 is 5.60 Å². The molecule has 2 N–H and O–H groups in total. The van der Waals surface area contributed by atoms with Crippen molar-refractivity contribution < 1.29 is 14.7 Å². The minimum absolute atomic E-state index is 0.00110. The number of nitrogens with zero attached hydrogens (tertiary/aromatic N) is 2. The van der Waals surface area contributed by atoms with Crippen LogP contribution in [-0.2, 0) is 16.1 Å². The average Bonchev–Trinajstić information content (AvgIpc) is 3.38. The van der Waals surface area contributed by atoms with Crippen molar-refractivity contribution in [2.24, 2.45) is 17.8 Å². The second kappa shape index (κ2) is 9.55. The Morgan fingerprint density at radius 3 is 2.52 bits per heavy atom. The van der Waals surface area contributed by atoms with Crippen LogP contribution in [0.25, 0.3) is 0 Å². The standard InChI is InChI=1S/C26H38ClN3O3/c1-16-14-29(9-10-30(16)25(32)18-7-5-6-8-18)15-19-11-20(27)12-23(17(19)2)28-24(31)21-13-22(21)26(3,4)33/h11-12,16,18,21-22,33H,5-10,13-15H2,1-4H3,(H,28,31)/t16-,21?,22?/m0/s1. The second-order valence-corrected chi connectivity index (χ2v) is 11.4. The number of hydrogen-bond acceptors (Lipinski definition) is 4. The molecule has 0 spiro atoms. The fraction of sp³-hybridized carbons (Fsp3) is 0.692. The fourth-order valence-electron chi connectivity index (χ4n) is 5.67. The lowest BCUT2D eigenvalue weighted by Crippen LogP contribution is -2.54. The van der Waals surface area contributed by atoms with Gasteiger partial charge in [-0.15, -0.1) is 0 Å². The van der Waals surface area contributed by atoms with Crippen LogP contribution in [0, 0.1) is 24.7 Å². The molecule has 1 aromatic rings. The predicted octanol–water partition coefficient (Wildman–Crippen LogP) is 4.22. The molecule has 4 rings (SSSR count). The summed E-state index contributed by atoms with van der Waals surface area (Å²) in [5.41, 5.74) is 2.02. The van der Waals surface area contributed by atoms with Crippen molar-refractivity contribution >= 4 is 29.1 Å². The van der Waals surface area contributed by atoms with E-state index in [9.17, 15) is 14.7 Å². The summed E-state index contributed by atoms with van der Waals surface area (Å²) in [4.78, 5) is 30.1. The topological polar surface area (TPSA) is 72.9 Å². The molecule has 7 heteroatoms. The zero-order chi connectivity index (χ0) is 23.9. The number of carbonyl (C=O) groups excluding carboxylic acids is 2. The molecule has 182 valence electrons. The Balaban J connectivity index is 1.38. The maximum absolute atomic E-state index is 12.9. The molecule has 1 heterocycles. The van der Waals surface area contributed by atoms with Crippen molar-refractivity contribution in [3.8, 4) is 0 Å². The molecule has 1 saturated heterocycles. The Hall–Kier alpha value is -1.63. The summed E-state index contributed by atoms with van der Waals surface area (Å²) in [7, 11) is 0. The van der Waals surface area contributed by atoms with Gasteiger partial charge in [0.1, 0.15) is 0 Å². The molecular formula is C26H38ClN3O3. The summed E-state index contributed by atoms with van der Waals surface area (Å²) in [6, 6.07) is 3.98. The largest absolute Gasteiger partial charge is 0.390 e. The van der Waals surface area contributed by atoms with E-state index >= 15 is 0 Å². The zero-order valence-corrected chi connectivity index (χ0v) is 21.1. The predicted molar refractivity (Wildman–Crippen MR) is 131 cm³/mol. The Morgan fingerprint density at radius 1 is 1.21 bits per heavy atom. The van der Waals surface area contributed by atoms with Crippen molar-refractivity contribution in [1.29, 1.82) is 0 Å². The van der Waals surface area contributed by atoms with Crippen molar-refractivity contribution in [2.45, 2.75) is 78.0 Å². The summed E-state index contributed by atoms with van der Waals surface area (Å²) >= 11 is 6.42. The Labute approximate surface area is 202 Å². The van der Waals surface area contributed by atoms with Crippen LogP contribution in [0.15, 0.2) is 12.1 Å². The van der Waals surface area contributed by atoms with E-state index in [4.69, 9.17) is 11.6 Å². The lowest BCUT2D eigenvalue weighted by Gasteiger charge is -2.41. The third-order valence-electron chi connectivity index (χ3n) is 7.87. The molecule has 2 saturated carbocycles. The van der Waals surface area contributed by atoms with Gasteiger partial charge in [-0.3, -0.25) is 14.5 Å². The number of hydrogen-bond donors (Lipinski definition) is 2. The van der Waals surface area contributed by atoms with Gasteiger partial charge in [0.2, 0.25) is 11.8 Å². The lowest BCUT2D eigenvalue weighted by atomic mass is 10.0. The highest BCUT2D eigenvalue weighted by atomic mass is 35.5. The van der Waals surface area contributed by atoms with E-state index in [-0.39, 0.29) is 29.7 Å². The van der Waals surface area contributed by atoms with Gasteiger partial charge in [-0.1, -0.05) is 24.4 Å². The third-order valence-corrected chi connectivity index (χ3v) is 8.08. The zero-order valence-electron chi connectivity index (χ0n) is 20.4. The number of anilines is 1. The number of piperazine rings is 1. The van der Waals surface area contributed by atoms with Crippen LogP contribution in [0.5, 0.6) is 0 Å². The van der Waals surface area contributed by atoms with Crippen molar-refractivity contribution in [3.63, 3.8) is 0 Å².